The molecule has 2 aromatic rings. The second-order valence-electron chi connectivity index (χ2n) is 9.63. The zero-order chi connectivity index (χ0) is 27.2. The maximum absolute atomic E-state index is 14.4. The lowest BCUT2D eigenvalue weighted by Crippen LogP contribution is -2.53. The largest absolute Gasteiger partial charge is 0.493 e. The van der Waals surface area contributed by atoms with E-state index in [-0.39, 0.29) is 11.8 Å². The average molecular weight is 526 g/mol. The van der Waals surface area contributed by atoms with Gasteiger partial charge >= 0.3 is 0 Å². The van der Waals surface area contributed by atoms with Crippen molar-refractivity contribution in [2.45, 2.75) is 25.3 Å². The van der Waals surface area contributed by atoms with Gasteiger partial charge in [-0.05, 0) is 35.7 Å². The van der Waals surface area contributed by atoms with Crippen LogP contribution in [0.5, 0.6) is 17.2 Å². The van der Waals surface area contributed by atoms with E-state index in [0.717, 1.165) is 37.2 Å². The number of nitrogens with zero attached hydrogens (tertiary/aromatic N) is 3. The quantitative estimate of drug-likeness (QED) is 0.471. The molecule has 2 aliphatic heterocycles. The third-order valence-electron chi connectivity index (χ3n) is 7.49. The van der Waals surface area contributed by atoms with Gasteiger partial charge in [0.1, 0.15) is 0 Å². The maximum Gasteiger partial charge on any atom is 0.254 e. The third kappa shape index (κ3) is 5.31. The first kappa shape index (κ1) is 27.7. The molecule has 38 heavy (non-hydrogen) atoms. The van der Waals surface area contributed by atoms with Crippen molar-refractivity contribution in [1.82, 2.24) is 14.7 Å². The van der Waals surface area contributed by atoms with Crippen LogP contribution in [0.1, 0.15) is 46.8 Å². The molecule has 0 N–H and O–H groups in total. The molecule has 2 aliphatic rings. The van der Waals surface area contributed by atoms with Crippen LogP contribution in [0.3, 0.4) is 0 Å². The number of methoxy groups -OCH3 is 4. The second-order valence-corrected chi connectivity index (χ2v) is 9.63. The van der Waals surface area contributed by atoms with Crippen LogP contribution < -0.4 is 14.2 Å². The molecule has 0 aliphatic carbocycles. The molecule has 0 spiro atoms. The van der Waals surface area contributed by atoms with Crippen molar-refractivity contribution in [3.05, 3.63) is 53.1 Å². The van der Waals surface area contributed by atoms with Crippen LogP contribution in [0.15, 0.2) is 36.4 Å². The normalized spacial score (nSPS) is 19.8. The lowest BCUT2D eigenvalue weighted by molar-refractivity contribution is -0.136. The zero-order valence-corrected chi connectivity index (χ0v) is 23.1. The zero-order valence-electron chi connectivity index (χ0n) is 23.1. The molecule has 0 bridgehead atoms. The summed E-state index contributed by atoms with van der Waals surface area (Å²) in [6.07, 6.45) is 0.758. The van der Waals surface area contributed by atoms with E-state index in [2.05, 4.69) is 4.90 Å². The molecule has 4 rings (SSSR count). The molecule has 9 heteroatoms. The molecule has 206 valence electrons. The molecule has 0 saturated carbocycles. The van der Waals surface area contributed by atoms with Crippen LogP contribution in [0.25, 0.3) is 0 Å². The van der Waals surface area contributed by atoms with Crippen LogP contribution in [0.2, 0.25) is 0 Å². The van der Waals surface area contributed by atoms with Crippen LogP contribution in [-0.4, -0.2) is 101 Å². The minimum absolute atomic E-state index is 0.0243. The highest BCUT2D eigenvalue weighted by Crippen LogP contribution is 2.48. The highest BCUT2D eigenvalue weighted by Gasteiger charge is 2.46. The molecule has 0 radical (unpaired) electrons. The van der Waals surface area contributed by atoms with E-state index in [1.165, 1.54) is 0 Å². The first-order chi connectivity index (χ1) is 18.5. The van der Waals surface area contributed by atoms with Crippen molar-refractivity contribution in [3.63, 3.8) is 0 Å². The fourth-order valence-electron chi connectivity index (χ4n) is 5.60. The summed E-state index contributed by atoms with van der Waals surface area (Å²) in [4.78, 5) is 34.3. The molecular formula is C29H39N3O6. The number of fused-ring (bicyclic) bond motifs is 1. The molecule has 2 atom stereocenters. The summed E-state index contributed by atoms with van der Waals surface area (Å²) in [6, 6.07) is 10.7. The lowest BCUT2D eigenvalue weighted by atomic mass is 9.78. The summed E-state index contributed by atoms with van der Waals surface area (Å²) in [5.74, 6) is 0.832. The van der Waals surface area contributed by atoms with Crippen LogP contribution in [0, 0.1) is 0 Å². The summed E-state index contributed by atoms with van der Waals surface area (Å²) < 4.78 is 22.0. The SMILES string of the molecule is CCCN1C(=O)c2ccccc2[C@H](C(=O)N2CCN(CCOC)CC2)[C@@H]1c1cc(OC)c(OC)c(OC)c1. The summed E-state index contributed by atoms with van der Waals surface area (Å²) in [5, 5.41) is 0. The molecule has 1 fully saturated rings. The predicted octanol–water partition coefficient (Wildman–Crippen LogP) is 3.19. The Morgan fingerprint density at radius 3 is 2.16 bits per heavy atom. The van der Waals surface area contributed by atoms with Gasteiger partial charge in [-0.2, -0.15) is 0 Å². The molecule has 0 aromatic heterocycles. The minimum atomic E-state index is -0.566. The molecule has 2 amide bonds. The first-order valence-electron chi connectivity index (χ1n) is 13.2. The summed E-state index contributed by atoms with van der Waals surface area (Å²) >= 11 is 0. The average Bonchev–Trinajstić information content (AvgIpc) is 2.96. The number of carbonyl (C=O) groups is 2. The summed E-state index contributed by atoms with van der Waals surface area (Å²) in [7, 11) is 6.39. The summed E-state index contributed by atoms with van der Waals surface area (Å²) in [5.41, 5.74) is 2.12. The van der Waals surface area contributed by atoms with Crippen molar-refractivity contribution < 1.29 is 28.5 Å². The van der Waals surface area contributed by atoms with E-state index in [0.29, 0.717) is 49.1 Å². The number of hydrogen-bond acceptors (Lipinski definition) is 7. The Bertz CT molecular complexity index is 1110. The number of benzene rings is 2. The molecule has 9 nitrogen and oxygen atoms in total. The predicted molar refractivity (Wildman–Crippen MR) is 144 cm³/mol. The lowest BCUT2D eigenvalue weighted by Gasteiger charge is -2.44. The van der Waals surface area contributed by atoms with Gasteiger partial charge in [0.25, 0.3) is 5.91 Å². The van der Waals surface area contributed by atoms with Crippen LogP contribution >= 0.6 is 0 Å². The van der Waals surface area contributed by atoms with E-state index in [9.17, 15) is 9.59 Å². The van der Waals surface area contributed by atoms with Gasteiger partial charge in [-0.25, -0.2) is 0 Å². The van der Waals surface area contributed by atoms with E-state index in [1.54, 1.807) is 28.4 Å². The van der Waals surface area contributed by atoms with Gasteiger partial charge in [0, 0.05) is 51.9 Å². The van der Waals surface area contributed by atoms with Crippen LogP contribution in [0.4, 0.5) is 0 Å². The van der Waals surface area contributed by atoms with Gasteiger partial charge in [-0.3, -0.25) is 14.5 Å². The van der Waals surface area contributed by atoms with Gasteiger partial charge in [0.05, 0.1) is 39.9 Å². The molecular weight excluding hydrogens is 486 g/mol. The number of ether oxygens (including phenoxy) is 4. The monoisotopic (exact) mass is 525 g/mol. The first-order valence-corrected chi connectivity index (χ1v) is 13.2. The Kier molecular flexibility index (Phi) is 9.12. The number of carbonyl (C=O) groups excluding carboxylic acids is 2. The Morgan fingerprint density at radius 1 is 0.921 bits per heavy atom. The fraction of sp³-hybridized carbons (Fsp3) is 0.517. The minimum Gasteiger partial charge on any atom is -0.493 e. The van der Waals surface area contributed by atoms with Gasteiger partial charge in [0.15, 0.2) is 11.5 Å². The molecule has 2 aromatic carbocycles. The topological polar surface area (TPSA) is 80.8 Å². The van der Waals surface area contributed by atoms with Crippen molar-refractivity contribution in [2.24, 2.45) is 0 Å². The number of rotatable bonds is 10. The van der Waals surface area contributed by atoms with Crippen molar-refractivity contribution in [3.8, 4) is 17.2 Å². The Morgan fingerprint density at radius 2 is 1.58 bits per heavy atom. The van der Waals surface area contributed by atoms with Gasteiger partial charge in [-0.1, -0.05) is 25.1 Å². The molecule has 2 heterocycles. The van der Waals surface area contributed by atoms with Crippen molar-refractivity contribution in [2.75, 3.05) is 74.3 Å². The molecule has 1 saturated heterocycles. The van der Waals surface area contributed by atoms with Gasteiger partial charge in [-0.15, -0.1) is 0 Å². The van der Waals surface area contributed by atoms with E-state index < -0.39 is 12.0 Å². The molecule has 0 unspecified atom stereocenters. The number of amides is 2. The van der Waals surface area contributed by atoms with E-state index in [1.807, 2.05) is 53.1 Å². The van der Waals surface area contributed by atoms with Crippen molar-refractivity contribution in [1.29, 1.82) is 0 Å². The maximum atomic E-state index is 14.4. The highest BCUT2D eigenvalue weighted by atomic mass is 16.5. The Labute approximate surface area is 225 Å². The Balaban J connectivity index is 1.80. The van der Waals surface area contributed by atoms with Gasteiger partial charge < -0.3 is 28.7 Å². The standard InChI is InChI=1S/C29H39N3O6/c1-6-11-32-26(20-18-23(36-3)27(38-5)24(19-20)37-4)25(21-9-7-8-10-22(21)28(32)33)29(34)31-14-12-30(13-15-31)16-17-35-2/h7-10,18-19,25-26H,6,11-17H2,1-5H3/t25-,26-/m0/s1. The fourth-order valence-corrected chi connectivity index (χ4v) is 5.60. The van der Waals surface area contributed by atoms with Gasteiger partial charge in [0.2, 0.25) is 11.7 Å². The second kappa shape index (κ2) is 12.5. The Hall–Kier alpha value is -3.30. The van der Waals surface area contributed by atoms with E-state index in [4.69, 9.17) is 18.9 Å². The van der Waals surface area contributed by atoms with Crippen molar-refractivity contribution >= 4 is 11.8 Å². The smallest absolute Gasteiger partial charge is 0.254 e. The highest BCUT2D eigenvalue weighted by molar-refractivity contribution is 6.01. The number of piperazine rings is 1. The summed E-state index contributed by atoms with van der Waals surface area (Å²) in [6.45, 7) is 6.90. The van der Waals surface area contributed by atoms with Crippen LogP contribution in [-0.2, 0) is 9.53 Å². The van der Waals surface area contributed by atoms with E-state index >= 15 is 0 Å². The number of hydrogen-bond donors (Lipinski definition) is 0. The third-order valence-corrected chi connectivity index (χ3v) is 7.49.